The molecule has 0 aliphatic heterocycles. The van der Waals surface area contributed by atoms with Crippen molar-refractivity contribution in [2.45, 2.75) is 44.9 Å². The Labute approximate surface area is 134 Å². The standard InChI is InChI=1S/C16H22N2O3S/c1-11(8-13-5-7-22-10-13)17-16(20)18-12(2)9-14(19)15-4-3-6-21-15/h3-7,10-12,14,19H,8-9H2,1-2H3,(H2,17,18,20)/t11-,12-,14-/m1/s1. The molecule has 0 saturated carbocycles. The normalized spacial score (nSPS) is 15.0. The lowest BCUT2D eigenvalue weighted by molar-refractivity contribution is 0.129. The maximum atomic E-state index is 11.9. The molecule has 120 valence electrons. The number of carbonyl (C=O) groups is 1. The summed E-state index contributed by atoms with van der Waals surface area (Å²) in [5.74, 6) is 0.514. The molecule has 3 N–H and O–H groups in total. The van der Waals surface area contributed by atoms with E-state index in [9.17, 15) is 9.90 Å². The van der Waals surface area contributed by atoms with Crippen LogP contribution >= 0.6 is 11.3 Å². The Morgan fingerprint density at radius 3 is 2.73 bits per heavy atom. The van der Waals surface area contributed by atoms with E-state index in [1.165, 1.54) is 11.8 Å². The van der Waals surface area contributed by atoms with E-state index in [2.05, 4.69) is 22.1 Å². The zero-order valence-corrected chi connectivity index (χ0v) is 13.6. The van der Waals surface area contributed by atoms with Gasteiger partial charge in [0.1, 0.15) is 11.9 Å². The van der Waals surface area contributed by atoms with E-state index in [0.29, 0.717) is 12.2 Å². The van der Waals surface area contributed by atoms with Crippen molar-refractivity contribution in [3.05, 3.63) is 46.5 Å². The SMILES string of the molecule is C[C@H](Cc1ccsc1)NC(=O)N[C@H](C)C[C@@H](O)c1ccco1. The van der Waals surface area contributed by atoms with Gasteiger partial charge in [0.25, 0.3) is 0 Å². The van der Waals surface area contributed by atoms with Crippen molar-refractivity contribution in [1.82, 2.24) is 10.6 Å². The summed E-state index contributed by atoms with van der Waals surface area (Å²) in [5, 5.41) is 19.8. The van der Waals surface area contributed by atoms with Gasteiger partial charge in [0.15, 0.2) is 0 Å². The van der Waals surface area contributed by atoms with E-state index < -0.39 is 6.10 Å². The summed E-state index contributed by atoms with van der Waals surface area (Å²) in [6.45, 7) is 3.83. The molecule has 5 nitrogen and oxygen atoms in total. The van der Waals surface area contributed by atoms with E-state index in [0.717, 1.165) is 6.42 Å². The number of furan rings is 1. The zero-order chi connectivity index (χ0) is 15.9. The van der Waals surface area contributed by atoms with Crippen molar-refractivity contribution in [2.24, 2.45) is 0 Å². The van der Waals surface area contributed by atoms with E-state index in [-0.39, 0.29) is 18.1 Å². The first kappa shape index (κ1) is 16.6. The molecule has 0 radical (unpaired) electrons. The second-order valence-corrected chi connectivity index (χ2v) is 6.30. The van der Waals surface area contributed by atoms with Gasteiger partial charge in [-0.3, -0.25) is 0 Å². The van der Waals surface area contributed by atoms with Gasteiger partial charge >= 0.3 is 6.03 Å². The van der Waals surface area contributed by atoms with Crippen molar-refractivity contribution >= 4 is 17.4 Å². The largest absolute Gasteiger partial charge is 0.467 e. The van der Waals surface area contributed by atoms with Crippen LogP contribution in [0.2, 0.25) is 0 Å². The average molecular weight is 322 g/mol. The molecule has 0 saturated heterocycles. The van der Waals surface area contributed by atoms with Crippen molar-refractivity contribution in [2.75, 3.05) is 0 Å². The summed E-state index contributed by atoms with van der Waals surface area (Å²) in [7, 11) is 0. The topological polar surface area (TPSA) is 74.5 Å². The minimum atomic E-state index is -0.714. The summed E-state index contributed by atoms with van der Waals surface area (Å²) < 4.78 is 5.15. The van der Waals surface area contributed by atoms with E-state index in [1.807, 2.05) is 19.2 Å². The van der Waals surface area contributed by atoms with Crippen LogP contribution < -0.4 is 10.6 Å². The van der Waals surface area contributed by atoms with Gasteiger partial charge in [-0.05, 0) is 54.8 Å². The number of amides is 2. The lowest BCUT2D eigenvalue weighted by Gasteiger charge is -2.19. The van der Waals surface area contributed by atoms with Crippen LogP contribution in [-0.2, 0) is 6.42 Å². The highest BCUT2D eigenvalue weighted by molar-refractivity contribution is 7.07. The Kier molecular flexibility index (Phi) is 6.03. The van der Waals surface area contributed by atoms with Crippen LogP contribution in [0, 0.1) is 0 Å². The fourth-order valence-electron chi connectivity index (χ4n) is 2.29. The Morgan fingerprint density at radius 1 is 1.32 bits per heavy atom. The predicted octanol–water partition coefficient (Wildman–Crippen LogP) is 3.08. The summed E-state index contributed by atoms with van der Waals surface area (Å²) in [4.78, 5) is 11.9. The molecule has 0 spiro atoms. The molecular weight excluding hydrogens is 300 g/mol. The van der Waals surface area contributed by atoms with Gasteiger partial charge in [-0.2, -0.15) is 11.3 Å². The maximum Gasteiger partial charge on any atom is 0.315 e. The number of hydrogen-bond donors (Lipinski definition) is 3. The Morgan fingerprint density at radius 2 is 2.09 bits per heavy atom. The first-order chi connectivity index (χ1) is 10.5. The highest BCUT2D eigenvalue weighted by Gasteiger charge is 2.17. The molecule has 2 aromatic rings. The average Bonchev–Trinajstić information content (AvgIpc) is 3.10. The van der Waals surface area contributed by atoms with E-state index in [1.54, 1.807) is 23.5 Å². The maximum absolute atomic E-state index is 11.9. The highest BCUT2D eigenvalue weighted by atomic mass is 32.1. The zero-order valence-electron chi connectivity index (χ0n) is 12.8. The van der Waals surface area contributed by atoms with Gasteiger partial charge in [0, 0.05) is 18.5 Å². The highest BCUT2D eigenvalue weighted by Crippen LogP contribution is 2.18. The van der Waals surface area contributed by atoms with Crippen molar-refractivity contribution < 1.29 is 14.3 Å². The molecule has 2 aromatic heterocycles. The first-order valence-corrected chi connectivity index (χ1v) is 8.28. The van der Waals surface area contributed by atoms with Crippen LogP contribution in [0.1, 0.15) is 37.7 Å². The molecule has 0 aromatic carbocycles. The van der Waals surface area contributed by atoms with Crippen molar-refractivity contribution in [3.8, 4) is 0 Å². The molecule has 2 amide bonds. The van der Waals surface area contributed by atoms with Gasteiger partial charge in [0.2, 0.25) is 0 Å². The third kappa shape index (κ3) is 5.20. The first-order valence-electron chi connectivity index (χ1n) is 7.34. The molecule has 0 aliphatic rings. The lowest BCUT2D eigenvalue weighted by Crippen LogP contribution is -2.45. The molecule has 0 aliphatic carbocycles. The molecule has 6 heteroatoms. The van der Waals surface area contributed by atoms with Gasteiger partial charge < -0.3 is 20.2 Å². The van der Waals surface area contributed by atoms with Crippen LogP contribution in [0.25, 0.3) is 0 Å². The summed E-state index contributed by atoms with van der Waals surface area (Å²) in [6, 6.07) is 5.19. The second kappa shape index (κ2) is 8.00. The Balaban J connectivity index is 1.71. The fourth-order valence-corrected chi connectivity index (χ4v) is 2.97. The molecule has 3 atom stereocenters. The number of aliphatic hydroxyl groups excluding tert-OH is 1. The van der Waals surface area contributed by atoms with Crippen molar-refractivity contribution in [3.63, 3.8) is 0 Å². The number of rotatable bonds is 7. The molecular formula is C16H22N2O3S. The van der Waals surface area contributed by atoms with Crippen molar-refractivity contribution in [1.29, 1.82) is 0 Å². The van der Waals surface area contributed by atoms with Crippen LogP contribution in [-0.4, -0.2) is 23.2 Å². The summed E-state index contributed by atoms with van der Waals surface area (Å²) in [5.41, 5.74) is 1.22. The number of urea groups is 1. The van der Waals surface area contributed by atoms with Gasteiger partial charge in [-0.25, -0.2) is 4.79 Å². The number of hydrogen-bond acceptors (Lipinski definition) is 4. The van der Waals surface area contributed by atoms with Crippen LogP contribution in [0.3, 0.4) is 0 Å². The summed E-state index contributed by atoms with van der Waals surface area (Å²) >= 11 is 1.65. The Bertz CT molecular complexity index is 554. The minimum Gasteiger partial charge on any atom is -0.467 e. The summed E-state index contributed by atoms with van der Waals surface area (Å²) in [6.07, 6.45) is 2.02. The number of thiophene rings is 1. The molecule has 0 unspecified atom stereocenters. The number of nitrogens with one attached hydrogen (secondary N) is 2. The number of aliphatic hydroxyl groups is 1. The minimum absolute atomic E-state index is 0.0526. The lowest BCUT2D eigenvalue weighted by atomic mass is 10.1. The fraction of sp³-hybridized carbons (Fsp3) is 0.438. The molecule has 22 heavy (non-hydrogen) atoms. The van der Waals surface area contributed by atoms with Crippen LogP contribution in [0.4, 0.5) is 4.79 Å². The third-order valence-corrected chi connectivity index (χ3v) is 4.06. The molecule has 2 rings (SSSR count). The Hall–Kier alpha value is -1.79. The second-order valence-electron chi connectivity index (χ2n) is 5.52. The van der Waals surface area contributed by atoms with Crippen LogP contribution in [0.15, 0.2) is 39.6 Å². The van der Waals surface area contributed by atoms with E-state index >= 15 is 0 Å². The van der Waals surface area contributed by atoms with Gasteiger partial charge in [-0.1, -0.05) is 0 Å². The monoisotopic (exact) mass is 322 g/mol. The molecule has 0 bridgehead atoms. The van der Waals surface area contributed by atoms with Gasteiger partial charge in [0.05, 0.1) is 6.26 Å². The van der Waals surface area contributed by atoms with E-state index in [4.69, 9.17) is 4.42 Å². The third-order valence-electron chi connectivity index (χ3n) is 3.33. The van der Waals surface area contributed by atoms with Crippen LogP contribution in [0.5, 0.6) is 0 Å². The van der Waals surface area contributed by atoms with Gasteiger partial charge in [-0.15, -0.1) is 0 Å². The smallest absolute Gasteiger partial charge is 0.315 e. The number of carbonyl (C=O) groups excluding carboxylic acids is 1. The quantitative estimate of drug-likeness (QED) is 0.733. The predicted molar refractivity (Wildman–Crippen MR) is 86.9 cm³/mol. The molecule has 0 fully saturated rings. The molecule has 2 heterocycles.